The summed E-state index contributed by atoms with van der Waals surface area (Å²) >= 11 is 0. The van der Waals surface area contributed by atoms with Crippen molar-refractivity contribution in [2.24, 2.45) is 20.0 Å². The Bertz CT molecular complexity index is 1120. The van der Waals surface area contributed by atoms with Crippen molar-refractivity contribution in [1.29, 1.82) is 0 Å². The minimum Gasteiger partial charge on any atom is -0.475 e. The summed E-state index contributed by atoms with van der Waals surface area (Å²) in [7, 11) is 0. The third-order valence-electron chi connectivity index (χ3n) is 5.97. The van der Waals surface area contributed by atoms with Crippen molar-refractivity contribution in [3.63, 3.8) is 0 Å². The van der Waals surface area contributed by atoms with E-state index in [0.29, 0.717) is 38.1 Å². The largest absolute Gasteiger partial charge is 0.475 e. The highest BCUT2D eigenvalue weighted by molar-refractivity contribution is 6.08. The predicted molar refractivity (Wildman–Crippen MR) is 141 cm³/mol. The standard InChI is InChI=1S/2C14H16N2O2/c1-9-7-17-13(15-9)11-3-5-12(6-4-11)14-16-10(2)8-18-14;1-9-7-15-13(17-9)11-5-3-4-6-12(11)14-16-8-10(2)18-14/h2*3-6,9-10H,7-8H2,1-2H3. The SMILES string of the molecule is CC1CN=C(c2ccccc2C2=NCC(C)O2)O1.CC1COC(c2ccc(C3=NC(C)CO3)cc2)=N1. The number of ether oxygens (including phenoxy) is 4. The van der Waals surface area contributed by atoms with Crippen molar-refractivity contribution in [2.45, 2.75) is 52.0 Å². The molecule has 0 aromatic heterocycles. The first-order valence-electron chi connectivity index (χ1n) is 12.5. The summed E-state index contributed by atoms with van der Waals surface area (Å²) in [6.07, 6.45) is 0.303. The van der Waals surface area contributed by atoms with Gasteiger partial charge >= 0.3 is 0 Å². The zero-order valence-corrected chi connectivity index (χ0v) is 21.2. The molecule has 0 saturated heterocycles. The Balaban J connectivity index is 0.000000148. The van der Waals surface area contributed by atoms with E-state index in [0.717, 1.165) is 34.0 Å². The summed E-state index contributed by atoms with van der Waals surface area (Å²) in [5, 5.41) is 0. The Labute approximate surface area is 211 Å². The highest BCUT2D eigenvalue weighted by Gasteiger charge is 2.25. The van der Waals surface area contributed by atoms with Gasteiger partial charge in [-0.25, -0.2) is 20.0 Å². The lowest BCUT2D eigenvalue weighted by Gasteiger charge is -2.11. The maximum Gasteiger partial charge on any atom is 0.217 e. The van der Waals surface area contributed by atoms with Gasteiger partial charge in [-0.15, -0.1) is 0 Å². The van der Waals surface area contributed by atoms with Gasteiger partial charge in [-0.05, 0) is 64.1 Å². The molecule has 188 valence electrons. The second kappa shape index (κ2) is 10.5. The molecule has 0 N–H and O–H groups in total. The van der Waals surface area contributed by atoms with Crippen LogP contribution in [-0.2, 0) is 18.9 Å². The fourth-order valence-corrected chi connectivity index (χ4v) is 4.13. The molecule has 2 aromatic carbocycles. The second-order valence-electron chi connectivity index (χ2n) is 9.46. The van der Waals surface area contributed by atoms with Gasteiger partial charge in [-0.2, -0.15) is 0 Å². The van der Waals surface area contributed by atoms with Crippen LogP contribution in [0.5, 0.6) is 0 Å². The summed E-state index contributed by atoms with van der Waals surface area (Å²) in [5.74, 6) is 2.86. The van der Waals surface area contributed by atoms with E-state index in [9.17, 15) is 0 Å². The maximum absolute atomic E-state index is 5.71. The third kappa shape index (κ3) is 5.42. The summed E-state index contributed by atoms with van der Waals surface area (Å²) in [6, 6.07) is 16.5. The van der Waals surface area contributed by atoms with Gasteiger partial charge in [-0.1, -0.05) is 12.1 Å². The molecule has 0 saturated carbocycles. The van der Waals surface area contributed by atoms with Crippen LogP contribution in [0, 0.1) is 0 Å². The first-order chi connectivity index (χ1) is 17.5. The highest BCUT2D eigenvalue weighted by atomic mass is 16.5. The Morgan fingerprint density at radius 1 is 0.583 bits per heavy atom. The van der Waals surface area contributed by atoms with Crippen molar-refractivity contribution in [3.8, 4) is 0 Å². The Kier molecular flexibility index (Phi) is 7.02. The van der Waals surface area contributed by atoms with Crippen LogP contribution in [-0.4, -0.2) is 74.2 Å². The minimum absolute atomic E-state index is 0.151. The summed E-state index contributed by atoms with van der Waals surface area (Å²) in [6.45, 7) is 10.9. The van der Waals surface area contributed by atoms with E-state index in [1.54, 1.807) is 0 Å². The fourth-order valence-electron chi connectivity index (χ4n) is 4.13. The van der Waals surface area contributed by atoms with Crippen molar-refractivity contribution < 1.29 is 18.9 Å². The number of rotatable bonds is 4. The summed E-state index contributed by atoms with van der Waals surface area (Å²) in [4.78, 5) is 17.7. The normalized spacial score (nSPS) is 26.3. The third-order valence-corrected chi connectivity index (χ3v) is 5.97. The van der Waals surface area contributed by atoms with E-state index in [-0.39, 0.29) is 24.3 Å². The Morgan fingerprint density at radius 3 is 1.31 bits per heavy atom. The Morgan fingerprint density at radius 2 is 1.00 bits per heavy atom. The monoisotopic (exact) mass is 488 g/mol. The molecule has 4 unspecified atom stereocenters. The first kappa shape index (κ1) is 24.0. The molecule has 0 aliphatic carbocycles. The van der Waals surface area contributed by atoms with E-state index in [1.165, 1.54) is 0 Å². The molecule has 36 heavy (non-hydrogen) atoms. The lowest BCUT2D eigenvalue weighted by atomic mass is 10.1. The van der Waals surface area contributed by atoms with Crippen LogP contribution in [0.25, 0.3) is 0 Å². The topological polar surface area (TPSA) is 86.4 Å². The summed E-state index contributed by atoms with van der Waals surface area (Å²) < 4.78 is 22.5. The number of aliphatic imine (C=N–C) groups is 4. The van der Waals surface area contributed by atoms with Gasteiger partial charge in [0, 0.05) is 22.3 Å². The van der Waals surface area contributed by atoms with Crippen LogP contribution < -0.4 is 0 Å². The predicted octanol–water partition coefficient (Wildman–Crippen LogP) is 4.03. The maximum atomic E-state index is 5.71. The number of nitrogens with zero attached hydrogens (tertiary/aromatic N) is 4. The van der Waals surface area contributed by atoms with Gasteiger partial charge in [0.25, 0.3) is 0 Å². The molecular formula is C28H32N4O4. The molecule has 4 atom stereocenters. The molecule has 0 radical (unpaired) electrons. The van der Waals surface area contributed by atoms with Crippen molar-refractivity contribution in [3.05, 3.63) is 70.8 Å². The Hall–Kier alpha value is -3.68. The zero-order valence-electron chi connectivity index (χ0n) is 21.2. The van der Waals surface area contributed by atoms with Gasteiger partial charge in [0.2, 0.25) is 23.6 Å². The van der Waals surface area contributed by atoms with Crippen molar-refractivity contribution in [2.75, 3.05) is 26.3 Å². The molecule has 4 aliphatic rings. The van der Waals surface area contributed by atoms with Gasteiger partial charge in [0.05, 0.1) is 25.2 Å². The molecule has 8 heteroatoms. The first-order valence-corrected chi connectivity index (χ1v) is 12.5. The molecule has 0 amide bonds. The van der Waals surface area contributed by atoms with Crippen LogP contribution in [0.15, 0.2) is 68.5 Å². The van der Waals surface area contributed by atoms with E-state index in [2.05, 4.69) is 20.0 Å². The van der Waals surface area contributed by atoms with E-state index < -0.39 is 0 Å². The second-order valence-corrected chi connectivity index (χ2v) is 9.46. The molecule has 2 aromatic rings. The zero-order chi connectivity index (χ0) is 25.1. The van der Waals surface area contributed by atoms with Crippen LogP contribution in [0.1, 0.15) is 49.9 Å². The van der Waals surface area contributed by atoms with E-state index in [1.807, 2.05) is 76.2 Å². The molecule has 8 nitrogen and oxygen atoms in total. The van der Waals surface area contributed by atoms with Crippen LogP contribution in [0.3, 0.4) is 0 Å². The van der Waals surface area contributed by atoms with Crippen LogP contribution >= 0.6 is 0 Å². The molecule has 0 spiro atoms. The highest BCUT2D eigenvalue weighted by Crippen LogP contribution is 2.20. The molecule has 0 fully saturated rings. The minimum atomic E-state index is 0.151. The molecule has 4 aliphatic heterocycles. The van der Waals surface area contributed by atoms with Crippen molar-refractivity contribution in [1.82, 2.24) is 0 Å². The van der Waals surface area contributed by atoms with Crippen molar-refractivity contribution >= 4 is 23.6 Å². The van der Waals surface area contributed by atoms with E-state index in [4.69, 9.17) is 18.9 Å². The van der Waals surface area contributed by atoms with Crippen LogP contribution in [0.4, 0.5) is 0 Å². The van der Waals surface area contributed by atoms with Crippen LogP contribution in [0.2, 0.25) is 0 Å². The lowest BCUT2D eigenvalue weighted by molar-refractivity contribution is 0.243. The molecule has 4 heterocycles. The van der Waals surface area contributed by atoms with Gasteiger partial charge in [0.15, 0.2) is 0 Å². The molecule has 0 bridgehead atoms. The quantitative estimate of drug-likeness (QED) is 0.650. The number of benzene rings is 2. The molecule has 6 rings (SSSR count). The fraction of sp³-hybridized carbons (Fsp3) is 0.429. The van der Waals surface area contributed by atoms with Gasteiger partial charge < -0.3 is 18.9 Å². The number of hydrogen-bond acceptors (Lipinski definition) is 8. The van der Waals surface area contributed by atoms with Gasteiger partial charge in [0.1, 0.15) is 25.4 Å². The van der Waals surface area contributed by atoms with Gasteiger partial charge in [-0.3, -0.25) is 0 Å². The molecular weight excluding hydrogens is 456 g/mol. The average Bonchev–Trinajstić information content (AvgIpc) is 3.69. The smallest absolute Gasteiger partial charge is 0.217 e. The number of hydrogen-bond donors (Lipinski definition) is 0. The summed E-state index contributed by atoms with van der Waals surface area (Å²) in [5.41, 5.74) is 3.95. The lowest BCUT2D eigenvalue weighted by Crippen LogP contribution is -2.15. The van der Waals surface area contributed by atoms with E-state index >= 15 is 0 Å². The average molecular weight is 489 g/mol.